The molecule has 0 heterocycles. The van der Waals surface area contributed by atoms with E-state index in [1.807, 2.05) is 20.8 Å². The van der Waals surface area contributed by atoms with Crippen LogP contribution in [0.2, 0.25) is 0 Å². The van der Waals surface area contributed by atoms with Crippen molar-refractivity contribution in [1.82, 2.24) is 0 Å². The minimum Gasteiger partial charge on any atom is -0.460 e. The molecule has 0 rings (SSSR count). The first-order chi connectivity index (χ1) is 8.45. The van der Waals surface area contributed by atoms with Crippen molar-refractivity contribution in [3.05, 3.63) is 0 Å². The largest absolute Gasteiger partial charge is 0.460 e. The van der Waals surface area contributed by atoms with Crippen LogP contribution in [0.4, 0.5) is 0 Å². The number of aliphatic hydroxyl groups excluding tert-OH is 1. The summed E-state index contributed by atoms with van der Waals surface area (Å²) >= 11 is 0. The summed E-state index contributed by atoms with van der Waals surface area (Å²) in [5, 5.41) is 8.60. The zero-order chi connectivity index (χ0) is 13.9. The average molecular weight is 260 g/mol. The molecule has 0 spiro atoms. The van der Waals surface area contributed by atoms with Gasteiger partial charge in [0.05, 0.1) is 13.0 Å². The molecule has 0 bridgehead atoms. The highest BCUT2D eigenvalue weighted by Crippen LogP contribution is 2.08. The summed E-state index contributed by atoms with van der Waals surface area (Å²) in [5.41, 5.74) is -0.413. The van der Waals surface area contributed by atoms with Gasteiger partial charge in [0, 0.05) is 13.2 Å². The zero-order valence-electron chi connectivity index (χ0n) is 12.0. The van der Waals surface area contributed by atoms with Gasteiger partial charge in [-0.05, 0) is 33.6 Å². The lowest BCUT2D eigenvalue weighted by molar-refractivity contribution is -0.156. The number of rotatable bonds is 10. The first-order valence-corrected chi connectivity index (χ1v) is 6.86. The lowest BCUT2D eigenvalue weighted by atomic mass is 10.1. The Hall–Kier alpha value is -0.610. The fourth-order valence-corrected chi connectivity index (χ4v) is 1.50. The third-order valence-corrected chi connectivity index (χ3v) is 2.32. The molecular formula is C14H28O4. The van der Waals surface area contributed by atoms with E-state index >= 15 is 0 Å². The predicted molar refractivity (Wildman–Crippen MR) is 71.5 cm³/mol. The van der Waals surface area contributed by atoms with Gasteiger partial charge in [0.2, 0.25) is 0 Å². The lowest BCUT2D eigenvalue weighted by Crippen LogP contribution is -2.24. The van der Waals surface area contributed by atoms with Crippen molar-refractivity contribution in [1.29, 1.82) is 0 Å². The molecule has 4 nitrogen and oxygen atoms in total. The van der Waals surface area contributed by atoms with Gasteiger partial charge in [-0.25, -0.2) is 0 Å². The number of ether oxygens (including phenoxy) is 2. The molecule has 0 aromatic heterocycles. The van der Waals surface area contributed by atoms with Crippen LogP contribution in [0.15, 0.2) is 0 Å². The summed E-state index contributed by atoms with van der Waals surface area (Å²) < 4.78 is 10.5. The summed E-state index contributed by atoms with van der Waals surface area (Å²) in [5.74, 6) is -0.203. The molecule has 0 aromatic carbocycles. The van der Waals surface area contributed by atoms with Crippen LogP contribution in [0.3, 0.4) is 0 Å². The van der Waals surface area contributed by atoms with Gasteiger partial charge in [-0.1, -0.05) is 19.3 Å². The zero-order valence-corrected chi connectivity index (χ0v) is 12.0. The molecule has 0 unspecified atom stereocenters. The van der Waals surface area contributed by atoms with E-state index in [-0.39, 0.29) is 12.6 Å². The van der Waals surface area contributed by atoms with Crippen LogP contribution in [0.25, 0.3) is 0 Å². The van der Waals surface area contributed by atoms with Gasteiger partial charge in [-0.3, -0.25) is 4.79 Å². The maximum absolute atomic E-state index is 11.3. The molecule has 108 valence electrons. The van der Waals surface area contributed by atoms with E-state index in [0.29, 0.717) is 19.6 Å². The Kier molecular flexibility index (Phi) is 9.98. The number of hydrogen-bond donors (Lipinski definition) is 1. The van der Waals surface area contributed by atoms with Gasteiger partial charge < -0.3 is 14.6 Å². The topological polar surface area (TPSA) is 55.8 Å². The Morgan fingerprint density at radius 1 is 1.00 bits per heavy atom. The number of unbranched alkanes of at least 4 members (excludes halogenated alkanes) is 4. The van der Waals surface area contributed by atoms with Gasteiger partial charge in [-0.15, -0.1) is 0 Å². The van der Waals surface area contributed by atoms with E-state index in [1.165, 1.54) is 0 Å². The molecule has 0 fully saturated rings. The molecule has 0 aliphatic rings. The van der Waals surface area contributed by atoms with Crippen LogP contribution in [0, 0.1) is 0 Å². The summed E-state index contributed by atoms with van der Waals surface area (Å²) in [6.07, 6.45) is 5.55. The van der Waals surface area contributed by atoms with Crippen molar-refractivity contribution in [3.63, 3.8) is 0 Å². The minimum atomic E-state index is -0.413. The van der Waals surface area contributed by atoms with Crippen LogP contribution in [-0.4, -0.2) is 36.5 Å². The van der Waals surface area contributed by atoms with Crippen LogP contribution in [0.5, 0.6) is 0 Å². The number of carbonyl (C=O) groups is 1. The van der Waals surface area contributed by atoms with Crippen molar-refractivity contribution < 1.29 is 19.4 Å². The molecule has 0 aliphatic carbocycles. The van der Waals surface area contributed by atoms with E-state index < -0.39 is 5.60 Å². The summed E-state index contributed by atoms with van der Waals surface area (Å²) in [6, 6.07) is 0. The van der Waals surface area contributed by atoms with Crippen LogP contribution in [-0.2, 0) is 14.3 Å². The molecule has 18 heavy (non-hydrogen) atoms. The van der Waals surface area contributed by atoms with E-state index in [9.17, 15) is 4.79 Å². The van der Waals surface area contributed by atoms with Crippen LogP contribution >= 0.6 is 0 Å². The molecule has 0 atom stereocenters. The molecule has 0 saturated carbocycles. The van der Waals surface area contributed by atoms with Crippen molar-refractivity contribution in [2.24, 2.45) is 0 Å². The molecule has 0 aliphatic heterocycles. The van der Waals surface area contributed by atoms with Gasteiger partial charge in [0.15, 0.2) is 0 Å². The van der Waals surface area contributed by atoms with E-state index in [2.05, 4.69) is 0 Å². The molecule has 0 aromatic rings. The van der Waals surface area contributed by atoms with Gasteiger partial charge in [0.25, 0.3) is 0 Å². The summed E-state index contributed by atoms with van der Waals surface area (Å²) in [6.45, 7) is 6.99. The minimum absolute atomic E-state index is 0.203. The average Bonchev–Trinajstić information content (AvgIpc) is 2.24. The smallest absolute Gasteiger partial charge is 0.308 e. The van der Waals surface area contributed by atoms with Gasteiger partial charge in [0.1, 0.15) is 5.60 Å². The number of esters is 1. The Morgan fingerprint density at radius 3 is 2.22 bits per heavy atom. The van der Waals surface area contributed by atoms with Crippen LogP contribution in [0.1, 0.15) is 59.3 Å². The van der Waals surface area contributed by atoms with E-state index in [0.717, 1.165) is 32.1 Å². The summed E-state index contributed by atoms with van der Waals surface area (Å²) in [4.78, 5) is 11.3. The Bertz CT molecular complexity index is 208. The van der Waals surface area contributed by atoms with E-state index in [4.69, 9.17) is 14.6 Å². The predicted octanol–water partition coefficient (Wildman–Crippen LogP) is 2.68. The van der Waals surface area contributed by atoms with Gasteiger partial charge in [-0.2, -0.15) is 0 Å². The third-order valence-electron chi connectivity index (χ3n) is 2.32. The SMILES string of the molecule is CC(C)(C)OC(=O)CCOCCCCCCCO. The fourth-order valence-electron chi connectivity index (χ4n) is 1.50. The van der Waals surface area contributed by atoms with Gasteiger partial charge >= 0.3 is 5.97 Å². The van der Waals surface area contributed by atoms with Crippen LogP contribution < -0.4 is 0 Å². The van der Waals surface area contributed by atoms with Crippen molar-refractivity contribution in [2.75, 3.05) is 19.8 Å². The summed E-state index contributed by atoms with van der Waals surface area (Å²) in [7, 11) is 0. The monoisotopic (exact) mass is 260 g/mol. The maximum Gasteiger partial charge on any atom is 0.308 e. The third kappa shape index (κ3) is 13.5. The molecule has 0 amide bonds. The second kappa shape index (κ2) is 10.3. The normalized spacial score (nSPS) is 11.6. The number of aliphatic hydroxyl groups is 1. The molecule has 0 radical (unpaired) electrons. The van der Waals surface area contributed by atoms with Crippen molar-refractivity contribution >= 4 is 5.97 Å². The Morgan fingerprint density at radius 2 is 1.61 bits per heavy atom. The maximum atomic E-state index is 11.3. The molecular weight excluding hydrogens is 232 g/mol. The fraction of sp³-hybridized carbons (Fsp3) is 0.929. The van der Waals surface area contributed by atoms with Crippen molar-refractivity contribution in [2.45, 2.75) is 64.9 Å². The van der Waals surface area contributed by atoms with Crippen molar-refractivity contribution in [3.8, 4) is 0 Å². The first-order valence-electron chi connectivity index (χ1n) is 6.86. The highest BCUT2D eigenvalue weighted by Gasteiger charge is 2.15. The molecule has 0 saturated heterocycles. The molecule has 4 heteroatoms. The standard InChI is InChI=1S/C14H28O4/c1-14(2,3)18-13(16)9-12-17-11-8-6-4-5-7-10-15/h15H,4-12H2,1-3H3. The Labute approximate surface area is 111 Å². The highest BCUT2D eigenvalue weighted by atomic mass is 16.6. The number of carbonyl (C=O) groups excluding carboxylic acids is 1. The highest BCUT2D eigenvalue weighted by molar-refractivity contribution is 5.69. The second-order valence-corrected chi connectivity index (χ2v) is 5.44. The Balaban J connectivity index is 3.23. The second-order valence-electron chi connectivity index (χ2n) is 5.44. The first kappa shape index (κ1) is 17.4. The lowest BCUT2D eigenvalue weighted by Gasteiger charge is -2.19. The number of hydrogen-bond acceptors (Lipinski definition) is 4. The molecule has 1 N–H and O–H groups in total. The quantitative estimate of drug-likeness (QED) is 0.484. The van der Waals surface area contributed by atoms with E-state index in [1.54, 1.807) is 0 Å².